The summed E-state index contributed by atoms with van der Waals surface area (Å²) in [5, 5.41) is 10.9. The molecular formula is C15H23N3. The van der Waals surface area contributed by atoms with Crippen molar-refractivity contribution in [2.45, 2.75) is 45.1 Å². The minimum Gasteiger partial charge on any atom is -0.398 e. The maximum Gasteiger partial charge on any atom is 0.0404 e. The SMILES string of the molecule is CCC1CCC(Nc2ccc(N)c(C=N)c2)CC1. The first-order valence-electron chi connectivity index (χ1n) is 6.89. The Bertz CT molecular complexity index is 406. The van der Waals surface area contributed by atoms with E-state index in [-0.39, 0.29) is 0 Å². The molecule has 1 saturated carbocycles. The molecule has 0 heterocycles. The second-order valence-corrected chi connectivity index (χ2v) is 5.26. The van der Waals surface area contributed by atoms with Gasteiger partial charge in [-0.05, 0) is 49.8 Å². The van der Waals surface area contributed by atoms with E-state index >= 15 is 0 Å². The van der Waals surface area contributed by atoms with Gasteiger partial charge in [0.25, 0.3) is 0 Å². The van der Waals surface area contributed by atoms with Gasteiger partial charge in [-0.3, -0.25) is 0 Å². The first-order valence-corrected chi connectivity index (χ1v) is 6.89. The summed E-state index contributed by atoms with van der Waals surface area (Å²) in [6.07, 6.45) is 7.80. The Hall–Kier alpha value is -1.51. The molecule has 2 rings (SSSR count). The number of nitrogen functional groups attached to an aromatic ring is 1. The van der Waals surface area contributed by atoms with Crippen LogP contribution in [0.3, 0.4) is 0 Å². The molecule has 1 aromatic rings. The Morgan fingerprint density at radius 2 is 2.06 bits per heavy atom. The van der Waals surface area contributed by atoms with Crippen molar-refractivity contribution in [3.63, 3.8) is 0 Å². The predicted molar refractivity (Wildman–Crippen MR) is 78.4 cm³/mol. The summed E-state index contributed by atoms with van der Waals surface area (Å²) in [6, 6.07) is 6.43. The van der Waals surface area contributed by atoms with Gasteiger partial charge in [0.15, 0.2) is 0 Å². The van der Waals surface area contributed by atoms with Crippen molar-refractivity contribution in [1.82, 2.24) is 0 Å². The molecule has 1 aliphatic carbocycles. The van der Waals surface area contributed by atoms with Crippen LogP contribution in [0.5, 0.6) is 0 Å². The highest BCUT2D eigenvalue weighted by atomic mass is 14.9. The third-order valence-electron chi connectivity index (χ3n) is 4.04. The molecule has 18 heavy (non-hydrogen) atoms. The zero-order valence-corrected chi connectivity index (χ0v) is 11.1. The van der Waals surface area contributed by atoms with Crippen molar-refractivity contribution in [3.05, 3.63) is 23.8 Å². The molecule has 0 saturated heterocycles. The van der Waals surface area contributed by atoms with Gasteiger partial charge in [-0.25, -0.2) is 0 Å². The van der Waals surface area contributed by atoms with Gasteiger partial charge in [-0.15, -0.1) is 0 Å². The van der Waals surface area contributed by atoms with Gasteiger partial charge in [0, 0.05) is 29.2 Å². The van der Waals surface area contributed by atoms with Crippen LogP contribution in [0.15, 0.2) is 18.2 Å². The van der Waals surface area contributed by atoms with E-state index in [1.165, 1.54) is 38.3 Å². The van der Waals surface area contributed by atoms with Crippen LogP contribution in [-0.2, 0) is 0 Å². The number of nitrogens with two attached hydrogens (primary N) is 1. The maximum atomic E-state index is 7.32. The van der Waals surface area contributed by atoms with Crippen LogP contribution in [0.25, 0.3) is 0 Å². The summed E-state index contributed by atoms with van der Waals surface area (Å²) in [5.74, 6) is 0.923. The van der Waals surface area contributed by atoms with Gasteiger partial charge in [-0.1, -0.05) is 13.3 Å². The maximum absolute atomic E-state index is 7.32. The lowest BCUT2D eigenvalue weighted by Crippen LogP contribution is -2.25. The van der Waals surface area contributed by atoms with Crippen LogP contribution in [0.4, 0.5) is 11.4 Å². The number of rotatable bonds is 4. The second kappa shape index (κ2) is 5.89. The van der Waals surface area contributed by atoms with Crippen molar-refractivity contribution in [3.8, 4) is 0 Å². The van der Waals surface area contributed by atoms with Crippen LogP contribution >= 0.6 is 0 Å². The van der Waals surface area contributed by atoms with Crippen LogP contribution < -0.4 is 11.1 Å². The molecule has 0 spiro atoms. The highest BCUT2D eigenvalue weighted by molar-refractivity contribution is 5.86. The molecule has 1 aromatic carbocycles. The number of nitrogens with one attached hydrogen (secondary N) is 2. The van der Waals surface area contributed by atoms with E-state index in [0.29, 0.717) is 11.7 Å². The Balaban J connectivity index is 1.96. The molecule has 3 nitrogen and oxygen atoms in total. The first-order chi connectivity index (χ1) is 8.72. The molecule has 1 aliphatic rings. The minimum absolute atomic E-state index is 0.579. The topological polar surface area (TPSA) is 61.9 Å². The van der Waals surface area contributed by atoms with Crippen molar-refractivity contribution in [2.24, 2.45) is 5.92 Å². The molecular weight excluding hydrogens is 222 g/mol. The largest absolute Gasteiger partial charge is 0.398 e. The first kappa shape index (κ1) is 12.9. The Kier molecular flexibility index (Phi) is 4.24. The van der Waals surface area contributed by atoms with E-state index in [9.17, 15) is 0 Å². The summed E-state index contributed by atoms with van der Waals surface area (Å²) in [6.45, 7) is 2.29. The standard InChI is InChI=1S/C15H23N3/c1-2-11-3-5-13(6-4-11)18-14-7-8-15(17)12(9-14)10-16/h7-11,13,16,18H,2-6,17H2,1H3. The van der Waals surface area contributed by atoms with Crippen molar-refractivity contribution in [2.75, 3.05) is 11.1 Å². The summed E-state index contributed by atoms with van der Waals surface area (Å²) in [7, 11) is 0. The van der Waals surface area contributed by atoms with Gasteiger partial charge in [0.1, 0.15) is 0 Å². The molecule has 0 aromatic heterocycles. The Labute approximate surface area is 109 Å². The zero-order chi connectivity index (χ0) is 13.0. The molecule has 0 amide bonds. The molecule has 3 heteroatoms. The van der Waals surface area contributed by atoms with Crippen LogP contribution in [0, 0.1) is 11.3 Å². The number of anilines is 2. The van der Waals surface area contributed by atoms with Crippen molar-refractivity contribution < 1.29 is 0 Å². The second-order valence-electron chi connectivity index (χ2n) is 5.26. The highest BCUT2D eigenvalue weighted by Crippen LogP contribution is 2.28. The van der Waals surface area contributed by atoms with E-state index in [1.807, 2.05) is 18.2 Å². The fraction of sp³-hybridized carbons (Fsp3) is 0.533. The third kappa shape index (κ3) is 3.03. The molecule has 0 atom stereocenters. The van der Waals surface area contributed by atoms with Crippen LogP contribution in [-0.4, -0.2) is 12.3 Å². The Morgan fingerprint density at radius 1 is 1.33 bits per heavy atom. The number of hydrogen-bond donors (Lipinski definition) is 3. The average molecular weight is 245 g/mol. The molecule has 1 fully saturated rings. The molecule has 0 radical (unpaired) electrons. The minimum atomic E-state index is 0.579. The van der Waals surface area contributed by atoms with E-state index < -0.39 is 0 Å². The number of hydrogen-bond acceptors (Lipinski definition) is 3. The van der Waals surface area contributed by atoms with Gasteiger partial charge in [-0.2, -0.15) is 0 Å². The lowest BCUT2D eigenvalue weighted by atomic mass is 9.84. The van der Waals surface area contributed by atoms with Gasteiger partial charge in [0.2, 0.25) is 0 Å². The van der Waals surface area contributed by atoms with Crippen LogP contribution in [0.1, 0.15) is 44.6 Å². The third-order valence-corrected chi connectivity index (χ3v) is 4.04. The van der Waals surface area contributed by atoms with Crippen molar-refractivity contribution in [1.29, 1.82) is 5.41 Å². The lowest BCUT2D eigenvalue weighted by molar-refractivity contribution is 0.330. The lowest BCUT2D eigenvalue weighted by Gasteiger charge is -2.29. The van der Waals surface area contributed by atoms with Crippen LogP contribution in [0.2, 0.25) is 0 Å². The molecule has 0 aliphatic heterocycles. The normalized spacial score (nSPS) is 23.6. The number of benzene rings is 1. The summed E-state index contributed by atoms with van der Waals surface area (Å²) < 4.78 is 0. The van der Waals surface area contributed by atoms with E-state index in [0.717, 1.165) is 17.2 Å². The average Bonchev–Trinajstić information content (AvgIpc) is 2.42. The van der Waals surface area contributed by atoms with Gasteiger partial charge < -0.3 is 16.5 Å². The van der Waals surface area contributed by atoms with Crippen molar-refractivity contribution >= 4 is 17.6 Å². The molecule has 0 bridgehead atoms. The predicted octanol–water partition coefficient (Wildman–Crippen LogP) is 3.65. The van der Waals surface area contributed by atoms with Gasteiger partial charge >= 0.3 is 0 Å². The van der Waals surface area contributed by atoms with E-state index in [1.54, 1.807) is 0 Å². The zero-order valence-electron chi connectivity index (χ0n) is 11.1. The summed E-state index contributed by atoms with van der Waals surface area (Å²) in [4.78, 5) is 0. The highest BCUT2D eigenvalue weighted by Gasteiger charge is 2.19. The summed E-state index contributed by atoms with van der Waals surface area (Å²) in [5.41, 5.74) is 8.34. The van der Waals surface area contributed by atoms with E-state index in [2.05, 4.69) is 12.2 Å². The quantitative estimate of drug-likeness (QED) is 0.560. The fourth-order valence-electron chi connectivity index (χ4n) is 2.74. The molecule has 4 N–H and O–H groups in total. The van der Waals surface area contributed by atoms with Gasteiger partial charge in [0.05, 0.1) is 0 Å². The summed E-state index contributed by atoms with van der Waals surface area (Å²) >= 11 is 0. The fourth-order valence-corrected chi connectivity index (χ4v) is 2.74. The molecule has 0 unspecified atom stereocenters. The molecule has 98 valence electrons. The van der Waals surface area contributed by atoms with E-state index in [4.69, 9.17) is 11.1 Å². The smallest absolute Gasteiger partial charge is 0.0404 e. The Morgan fingerprint density at radius 3 is 2.67 bits per heavy atom. The monoisotopic (exact) mass is 245 g/mol.